The zero-order valence-electron chi connectivity index (χ0n) is 16.6. The van der Waals surface area contributed by atoms with Crippen molar-refractivity contribution in [3.05, 3.63) is 53.9 Å². The van der Waals surface area contributed by atoms with Gasteiger partial charge < -0.3 is 15.0 Å². The molecule has 0 aliphatic carbocycles. The van der Waals surface area contributed by atoms with E-state index in [4.69, 9.17) is 4.74 Å². The van der Waals surface area contributed by atoms with Gasteiger partial charge >= 0.3 is 0 Å². The number of hydrogen-bond acceptors (Lipinski definition) is 4. The van der Waals surface area contributed by atoms with E-state index in [-0.39, 0.29) is 23.6 Å². The number of rotatable bonds is 5. The number of carbonyl (C=O) groups excluding carboxylic acids is 2. The predicted octanol–water partition coefficient (Wildman–Crippen LogP) is 3.99. The predicted molar refractivity (Wildman–Crippen MR) is 109 cm³/mol. The average Bonchev–Trinajstić information content (AvgIpc) is 2.68. The van der Waals surface area contributed by atoms with Crippen molar-refractivity contribution in [1.82, 2.24) is 9.88 Å². The standard InChI is InChI=1S/C22H27N3O3/c1-15(2)28-19-8-6-18(7-9-19)24-21(26)20-13-17(10-11-23-20)22(27)25-12-4-5-16(3)14-25/h6-11,13,15-16H,4-5,12,14H2,1-3H3,(H,24,26). The van der Waals surface area contributed by atoms with Crippen molar-refractivity contribution in [2.75, 3.05) is 18.4 Å². The number of nitrogens with zero attached hydrogens (tertiary/aromatic N) is 2. The molecule has 2 aromatic rings. The van der Waals surface area contributed by atoms with Gasteiger partial charge in [-0.1, -0.05) is 6.92 Å². The molecule has 0 spiro atoms. The lowest BCUT2D eigenvalue weighted by atomic mass is 9.99. The number of benzene rings is 1. The Kier molecular flexibility index (Phi) is 6.29. The molecule has 148 valence electrons. The molecule has 1 saturated heterocycles. The van der Waals surface area contributed by atoms with E-state index in [0.29, 0.717) is 17.2 Å². The quantitative estimate of drug-likeness (QED) is 0.850. The first-order valence-corrected chi connectivity index (χ1v) is 9.76. The topological polar surface area (TPSA) is 71.5 Å². The molecule has 1 aliphatic heterocycles. The molecule has 1 atom stereocenters. The van der Waals surface area contributed by atoms with Gasteiger partial charge in [0.15, 0.2) is 0 Å². The van der Waals surface area contributed by atoms with Crippen molar-refractivity contribution in [3.8, 4) is 5.75 Å². The average molecular weight is 381 g/mol. The van der Waals surface area contributed by atoms with Crippen LogP contribution in [0.2, 0.25) is 0 Å². The van der Waals surface area contributed by atoms with Gasteiger partial charge in [-0.3, -0.25) is 14.6 Å². The minimum atomic E-state index is -0.348. The summed E-state index contributed by atoms with van der Waals surface area (Å²) in [4.78, 5) is 31.3. The molecule has 1 aromatic carbocycles. The highest BCUT2D eigenvalue weighted by atomic mass is 16.5. The Morgan fingerprint density at radius 2 is 1.96 bits per heavy atom. The Morgan fingerprint density at radius 3 is 2.64 bits per heavy atom. The Hall–Kier alpha value is -2.89. The van der Waals surface area contributed by atoms with Gasteiger partial charge in [0, 0.05) is 30.5 Å². The van der Waals surface area contributed by atoms with Gasteiger partial charge in [-0.15, -0.1) is 0 Å². The van der Waals surface area contributed by atoms with Crippen molar-refractivity contribution in [1.29, 1.82) is 0 Å². The van der Waals surface area contributed by atoms with E-state index >= 15 is 0 Å². The summed E-state index contributed by atoms with van der Waals surface area (Å²) in [6, 6.07) is 10.4. The third-order valence-corrected chi connectivity index (χ3v) is 4.67. The molecule has 1 fully saturated rings. The summed E-state index contributed by atoms with van der Waals surface area (Å²) in [6.07, 6.45) is 3.76. The van der Waals surface area contributed by atoms with Crippen LogP contribution in [-0.4, -0.2) is 40.9 Å². The second kappa shape index (κ2) is 8.87. The molecule has 0 bridgehead atoms. The summed E-state index contributed by atoms with van der Waals surface area (Å²) in [5.41, 5.74) is 1.36. The van der Waals surface area contributed by atoms with Crippen molar-refractivity contribution >= 4 is 17.5 Å². The molecule has 2 amide bonds. The lowest BCUT2D eigenvalue weighted by Gasteiger charge is -2.31. The van der Waals surface area contributed by atoms with Gasteiger partial charge in [0.2, 0.25) is 0 Å². The maximum absolute atomic E-state index is 12.8. The lowest BCUT2D eigenvalue weighted by molar-refractivity contribution is 0.0683. The summed E-state index contributed by atoms with van der Waals surface area (Å²) >= 11 is 0. The highest BCUT2D eigenvalue weighted by Gasteiger charge is 2.23. The van der Waals surface area contributed by atoms with E-state index < -0.39 is 0 Å². The van der Waals surface area contributed by atoms with Crippen LogP contribution in [-0.2, 0) is 0 Å². The van der Waals surface area contributed by atoms with Gasteiger partial charge in [-0.25, -0.2) is 0 Å². The van der Waals surface area contributed by atoms with Crippen LogP contribution in [0.5, 0.6) is 5.75 Å². The first kappa shape index (κ1) is 19.9. The van der Waals surface area contributed by atoms with Crippen LogP contribution < -0.4 is 10.1 Å². The molecule has 0 radical (unpaired) electrons. The monoisotopic (exact) mass is 381 g/mol. The van der Waals surface area contributed by atoms with E-state index in [1.54, 1.807) is 36.4 Å². The van der Waals surface area contributed by atoms with E-state index in [2.05, 4.69) is 17.2 Å². The summed E-state index contributed by atoms with van der Waals surface area (Å²) in [7, 11) is 0. The molecule has 28 heavy (non-hydrogen) atoms. The van der Waals surface area contributed by atoms with Gasteiger partial charge in [0.25, 0.3) is 11.8 Å². The molecule has 2 heterocycles. The fourth-order valence-electron chi connectivity index (χ4n) is 3.33. The minimum absolute atomic E-state index is 0.0433. The Morgan fingerprint density at radius 1 is 1.21 bits per heavy atom. The van der Waals surface area contributed by atoms with Crippen LogP contribution in [0.3, 0.4) is 0 Å². The minimum Gasteiger partial charge on any atom is -0.491 e. The molecule has 6 nitrogen and oxygen atoms in total. The molecule has 3 rings (SSSR count). The van der Waals surface area contributed by atoms with Crippen LogP contribution in [0.1, 0.15) is 54.5 Å². The van der Waals surface area contributed by atoms with Gasteiger partial charge in [-0.2, -0.15) is 0 Å². The number of likely N-dealkylation sites (tertiary alicyclic amines) is 1. The van der Waals surface area contributed by atoms with E-state index in [9.17, 15) is 9.59 Å². The second-order valence-corrected chi connectivity index (χ2v) is 7.57. The molecule has 1 N–H and O–H groups in total. The largest absolute Gasteiger partial charge is 0.491 e. The lowest BCUT2D eigenvalue weighted by Crippen LogP contribution is -2.39. The number of anilines is 1. The molecule has 6 heteroatoms. The number of aromatic nitrogens is 1. The maximum Gasteiger partial charge on any atom is 0.274 e. The van der Waals surface area contributed by atoms with E-state index in [1.807, 2.05) is 18.7 Å². The number of amides is 2. The summed E-state index contributed by atoms with van der Waals surface area (Å²) in [5, 5.41) is 2.81. The fraction of sp³-hybridized carbons (Fsp3) is 0.409. The molecule has 1 aliphatic rings. The Labute approximate surface area is 165 Å². The molecule has 1 aromatic heterocycles. The smallest absolute Gasteiger partial charge is 0.274 e. The highest BCUT2D eigenvalue weighted by Crippen LogP contribution is 2.19. The Bertz CT molecular complexity index is 833. The van der Waals surface area contributed by atoms with Crippen molar-refractivity contribution < 1.29 is 14.3 Å². The van der Waals surface area contributed by atoms with E-state index in [1.165, 1.54) is 6.20 Å². The van der Waals surface area contributed by atoms with Crippen LogP contribution in [0.15, 0.2) is 42.6 Å². The maximum atomic E-state index is 12.8. The number of pyridine rings is 1. The fourth-order valence-corrected chi connectivity index (χ4v) is 3.33. The number of ether oxygens (including phenoxy) is 1. The van der Waals surface area contributed by atoms with Gasteiger partial charge in [-0.05, 0) is 69.0 Å². The molecule has 0 saturated carbocycles. The zero-order valence-corrected chi connectivity index (χ0v) is 16.6. The van der Waals surface area contributed by atoms with Crippen molar-refractivity contribution in [2.45, 2.75) is 39.7 Å². The Balaban J connectivity index is 1.67. The van der Waals surface area contributed by atoms with Gasteiger partial charge in [0.05, 0.1) is 6.10 Å². The second-order valence-electron chi connectivity index (χ2n) is 7.57. The first-order valence-electron chi connectivity index (χ1n) is 9.76. The number of piperidine rings is 1. The van der Waals surface area contributed by atoms with Crippen LogP contribution in [0.25, 0.3) is 0 Å². The third kappa shape index (κ3) is 5.09. The van der Waals surface area contributed by atoms with Crippen LogP contribution >= 0.6 is 0 Å². The SMILES string of the molecule is CC1CCCN(C(=O)c2ccnc(C(=O)Nc3ccc(OC(C)C)cc3)c2)C1. The zero-order chi connectivity index (χ0) is 20.1. The van der Waals surface area contributed by atoms with E-state index in [0.717, 1.165) is 31.7 Å². The summed E-state index contributed by atoms with van der Waals surface area (Å²) in [6.45, 7) is 7.59. The summed E-state index contributed by atoms with van der Waals surface area (Å²) in [5.74, 6) is 0.858. The number of carbonyl (C=O) groups is 2. The van der Waals surface area contributed by atoms with Gasteiger partial charge in [0.1, 0.15) is 11.4 Å². The molecule has 1 unspecified atom stereocenters. The van der Waals surface area contributed by atoms with Crippen LogP contribution in [0.4, 0.5) is 5.69 Å². The number of hydrogen-bond donors (Lipinski definition) is 1. The third-order valence-electron chi connectivity index (χ3n) is 4.67. The van der Waals surface area contributed by atoms with Crippen molar-refractivity contribution in [3.63, 3.8) is 0 Å². The summed E-state index contributed by atoms with van der Waals surface area (Å²) < 4.78 is 5.60. The molecular weight excluding hydrogens is 354 g/mol. The number of nitrogens with one attached hydrogen (secondary N) is 1. The normalized spacial score (nSPS) is 16.7. The molecular formula is C22H27N3O3. The van der Waals surface area contributed by atoms with Crippen molar-refractivity contribution in [2.24, 2.45) is 5.92 Å². The van der Waals surface area contributed by atoms with Crippen LogP contribution in [0, 0.1) is 5.92 Å². The highest BCUT2D eigenvalue weighted by molar-refractivity contribution is 6.04. The first-order chi connectivity index (χ1) is 13.4.